The van der Waals surface area contributed by atoms with E-state index in [1.54, 1.807) is 0 Å². The van der Waals surface area contributed by atoms with Gasteiger partial charge in [-0.1, -0.05) is 97.1 Å². The van der Waals surface area contributed by atoms with Crippen molar-refractivity contribution in [2.45, 2.75) is 9.79 Å². The SMILES string of the molecule is O=S(=O)(O)c1cc(Nc2nc(Nc3ccccc3)nc(Nc3ccccc3)n2)ccc1/C=C/c1ccc(Nc2nc(Nc3ccccc3)nc(Nc3ccccc3)n2)cc1S(=O)(=O)O.[NaH].[NaH]. The van der Waals surface area contributed by atoms with Gasteiger partial charge in [0.15, 0.2) is 0 Å². The number of nitrogens with one attached hydrogen (secondary N) is 6. The number of hydrogen-bond acceptors (Lipinski definition) is 16. The van der Waals surface area contributed by atoms with E-state index >= 15 is 0 Å². The molecule has 0 radical (unpaired) electrons. The Balaban J connectivity index is 0.00000360. The Kier molecular flexibility index (Phi) is 16.6. The molecule has 0 unspecified atom stereocenters. The van der Waals surface area contributed by atoms with Crippen molar-refractivity contribution in [1.29, 1.82) is 0 Å². The zero-order valence-corrected chi connectivity index (χ0v) is 34.8. The molecule has 0 aliphatic carbocycles. The van der Waals surface area contributed by atoms with E-state index in [9.17, 15) is 25.9 Å². The Bertz CT molecular complexity index is 2850. The molecule has 324 valence electrons. The molecule has 2 heterocycles. The number of para-hydroxylation sites is 4. The molecule has 0 aliphatic rings. The Morgan fingerprint density at radius 2 is 0.561 bits per heavy atom. The molecule has 22 heteroatoms. The second kappa shape index (κ2) is 22.3. The van der Waals surface area contributed by atoms with Gasteiger partial charge in [0, 0.05) is 34.1 Å². The summed E-state index contributed by atoms with van der Waals surface area (Å²) >= 11 is 0. The third-order valence-corrected chi connectivity index (χ3v) is 10.7. The molecule has 0 saturated carbocycles. The van der Waals surface area contributed by atoms with Gasteiger partial charge >= 0.3 is 59.1 Å². The van der Waals surface area contributed by atoms with Crippen LogP contribution in [0.3, 0.4) is 0 Å². The number of hydrogen-bond donors (Lipinski definition) is 8. The maximum atomic E-state index is 12.7. The first-order valence-corrected chi connectivity index (χ1v) is 22.0. The molecular weight excluding hydrogens is 903 g/mol. The molecule has 0 saturated heterocycles. The predicted octanol–water partition coefficient (Wildman–Crippen LogP) is 7.89. The Labute approximate surface area is 424 Å². The van der Waals surface area contributed by atoms with E-state index < -0.39 is 30.0 Å². The zero-order valence-electron chi connectivity index (χ0n) is 33.2. The molecule has 8 N–H and O–H groups in total. The van der Waals surface area contributed by atoms with Crippen molar-refractivity contribution in [1.82, 2.24) is 29.9 Å². The van der Waals surface area contributed by atoms with Crippen molar-refractivity contribution in [3.63, 3.8) is 0 Å². The van der Waals surface area contributed by atoms with Gasteiger partial charge in [0.05, 0.1) is 0 Å². The van der Waals surface area contributed by atoms with Crippen LogP contribution in [0.5, 0.6) is 0 Å². The third kappa shape index (κ3) is 13.6. The van der Waals surface area contributed by atoms with Gasteiger partial charge in [-0.3, -0.25) is 9.11 Å². The summed E-state index contributed by atoms with van der Waals surface area (Å²) in [6.45, 7) is 0. The molecule has 6 aromatic carbocycles. The second-order valence-corrected chi connectivity index (χ2v) is 16.4. The molecule has 2 aromatic heterocycles. The summed E-state index contributed by atoms with van der Waals surface area (Å²) in [5.41, 5.74) is 3.18. The van der Waals surface area contributed by atoms with Crippen molar-refractivity contribution in [3.05, 3.63) is 169 Å². The van der Waals surface area contributed by atoms with Crippen molar-refractivity contribution in [2.24, 2.45) is 0 Å². The summed E-state index contributed by atoms with van der Waals surface area (Å²) in [6.07, 6.45) is 2.57. The molecule has 0 bridgehead atoms. The number of benzene rings is 6. The number of aromatic nitrogens is 6. The Hall–Kier alpha value is -6.30. The summed E-state index contributed by atoms with van der Waals surface area (Å²) in [6, 6.07) is 45.0. The maximum absolute atomic E-state index is 12.7. The van der Waals surface area contributed by atoms with Crippen LogP contribution in [0.1, 0.15) is 11.1 Å². The van der Waals surface area contributed by atoms with E-state index in [4.69, 9.17) is 0 Å². The average Bonchev–Trinajstić information content (AvgIpc) is 3.27. The molecule has 0 atom stereocenters. The first-order chi connectivity index (χ1) is 30.9. The summed E-state index contributed by atoms with van der Waals surface area (Å²) in [4.78, 5) is 25.7. The summed E-state index contributed by atoms with van der Waals surface area (Å²) in [7, 11) is -9.71. The van der Waals surface area contributed by atoms with E-state index in [-0.39, 0.29) is 117 Å². The van der Waals surface area contributed by atoms with Crippen molar-refractivity contribution in [2.75, 3.05) is 31.9 Å². The molecule has 0 fully saturated rings. The van der Waals surface area contributed by atoms with E-state index in [1.807, 2.05) is 121 Å². The number of anilines is 12. The normalized spacial score (nSPS) is 11.1. The molecule has 8 aromatic rings. The van der Waals surface area contributed by atoms with Crippen molar-refractivity contribution < 1.29 is 25.9 Å². The van der Waals surface area contributed by atoms with Crippen LogP contribution in [-0.4, -0.2) is 115 Å². The fourth-order valence-corrected chi connectivity index (χ4v) is 7.49. The topological polar surface area (TPSA) is 258 Å². The standard InChI is InChI=1S/C44H36N12O6S2.2Na.2H/c57-63(58,59)37-27-35(49-43-53-39(45-31-13-5-1-6-14-31)51-40(54-43)46-32-15-7-2-8-16-32)25-23-29(37)21-22-30-24-26-36(28-38(30)64(60,61)62)50-44-55-41(47-33-17-9-3-10-18-33)52-42(56-44)48-34-19-11-4-12-20-34;;;;/h1-28H,(H,57,58,59)(H,60,61,62)(H3,45,46,49,51,53,54)(H3,47,48,50,52,55,56);;;;/b22-21+;;;;. The van der Waals surface area contributed by atoms with Gasteiger partial charge in [0.2, 0.25) is 35.7 Å². The fourth-order valence-electron chi connectivity index (χ4n) is 6.07. The summed E-state index contributed by atoms with van der Waals surface area (Å²) in [5, 5.41) is 18.4. The van der Waals surface area contributed by atoms with E-state index in [0.29, 0.717) is 22.7 Å². The molecular formula is C44H38N12Na2O6S2. The van der Waals surface area contributed by atoms with Gasteiger partial charge in [-0.05, 0) is 83.9 Å². The molecule has 8 rings (SSSR count). The Morgan fingerprint density at radius 3 is 0.788 bits per heavy atom. The molecule has 66 heavy (non-hydrogen) atoms. The molecule has 0 amide bonds. The third-order valence-electron chi connectivity index (χ3n) is 8.93. The van der Waals surface area contributed by atoms with Gasteiger partial charge < -0.3 is 31.9 Å². The fraction of sp³-hybridized carbons (Fsp3) is 0. The monoisotopic (exact) mass is 940 g/mol. The van der Waals surface area contributed by atoms with Crippen LogP contribution in [0, 0.1) is 0 Å². The first kappa shape index (κ1) is 49.1. The minimum atomic E-state index is -4.85. The van der Waals surface area contributed by atoms with Crippen LogP contribution in [0.2, 0.25) is 0 Å². The molecule has 0 spiro atoms. The Morgan fingerprint density at radius 1 is 0.333 bits per heavy atom. The van der Waals surface area contributed by atoms with Crippen LogP contribution in [0.25, 0.3) is 12.2 Å². The van der Waals surface area contributed by atoms with Gasteiger partial charge in [-0.2, -0.15) is 46.7 Å². The average molecular weight is 941 g/mol. The number of rotatable bonds is 16. The van der Waals surface area contributed by atoms with Crippen LogP contribution < -0.4 is 31.9 Å². The van der Waals surface area contributed by atoms with E-state index in [1.165, 1.54) is 48.6 Å². The summed E-state index contributed by atoms with van der Waals surface area (Å²) < 4.78 is 71.6. The first-order valence-electron chi connectivity index (χ1n) is 19.2. The van der Waals surface area contributed by atoms with Crippen molar-refractivity contribution in [3.8, 4) is 0 Å². The predicted molar refractivity (Wildman–Crippen MR) is 261 cm³/mol. The second-order valence-electron chi connectivity index (χ2n) is 13.6. The van der Waals surface area contributed by atoms with Crippen LogP contribution in [-0.2, 0) is 20.2 Å². The van der Waals surface area contributed by atoms with Crippen LogP contribution >= 0.6 is 0 Å². The van der Waals surface area contributed by atoms with E-state index in [0.717, 1.165) is 0 Å². The van der Waals surface area contributed by atoms with E-state index in [2.05, 4.69) is 61.8 Å². The molecule has 0 aliphatic heterocycles. The minimum absolute atomic E-state index is 0. The van der Waals surface area contributed by atoms with Crippen LogP contribution in [0.15, 0.2) is 168 Å². The number of nitrogens with zero attached hydrogens (tertiary/aromatic N) is 6. The van der Waals surface area contributed by atoms with Crippen molar-refractivity contribution >= 4 is 161 Å². The quantitative estimate of drug-likeness (QED) is 0.0260. The zero-order chi connectivity index (χ0) is 44.5. The van der Waals surface area contributed by atoms with Gasteiger partial charge in [0.1, 0.15) is 9.79 Å². The van der Waals surface area contributed by atoms with Gasteiger partial charge in [0.25, 0.3) is 20.2 Å². The van der Waals surface area contributed by atoms with Gasteiger partial charge in [-0.25, -0.2) is 0 Å². The van der Waals surface area contributed by atoms with Gasteiger partial charge in [-0.15, -0.1) is 0 Å². The summed E-state index contributed by atoms with van der Waals surface area (Å²) in [5.74, 6) is 0.775. The molecule has 18 nitrogen and oxygen atoms in total. The van der Waals surface area contributed by atoms with Crippen LogP contribution in [0.4, 0.5) is 69.8 Å².